The van der Waals surface area contributed by atoms with Crippen LogP contribution in [0.15, 0.2) is 43.0 Å². The number of hydrogen-bond donors (Lipinski definition) is 0. The van der Waals surface area contributed by atoms with E-state index in [4.69, 9.17) is 18.9 Å². The molecular formula is C18H24O4. The third-order valence-electron chi connectivity index (χ3n) is 4.09. The van der Waals surface area contributed by atoms with E-state index in [2.05, 4.69) is 30.8 Å². The molecule has 0 radical (unpaired) electrons. The summed E-state index contributed by atoms with van der Waals surface area (Å²) in [5.41, 5.74) is 1.02. The molecule has 4 nitrogen and oxygen atoms in total. The van der Waals surface area contributed by atoms with E-state index in [9.17, 15) is 0 Å². The van der Waals surface area contributed by atoms with Gasteiger partial charge in [0.2, 0.25) is 0 Å². The Labute approximate surface area is 132 Å². The Balaban J connectivity index is 1.67. The second-order valence-electron chi connectivity index (χ2n) is 6.08. The molecule has 0 bridgehead atoms. The Morgan fingerprint density at radius 2 is 1.59 bits per heavy atom. The molecule has 0 aliphatic carbocycles. The fourth-order valence-corrected chi connectivity index (χ4v) is 2.61. The maximum atomic E-state index is 5.92. The lowest BCUT2D eigenvalue weighted by Crippen LogP contribution is -2.37. The molecular weight excluding hydrogens is 280 g/mol. The fourth-order valence-electron chi connectivity index (χ4n) is 2.61. The predicted octanol–water partition coefficient (Wildman–Crippen LogP) is 2.33. The van der Waals surface area contributed by atoms with Crippen LogP contribution in [0.5, 0.6) is 0 Å². The van der Waals surface area contributed by atoms with Crippen molar-refractivity contribution in [1.29, 1.82) is 0 Å². The van der Waals surface area contributed by atoms with Crippen LogP contribution in [0.4, 0.5) is 0 Å². The first-order valence-electron chi connectivity index (χ1n) is 7.87. The fraction of sp³-hybridized carbons (Fsp3) is 0.556. The first kappa shape index (κ1) is 15.7. The zero-order valence-corrected chi connectivity index (χ0v) is 12.9. The summed E-state index contributed by atoms with van der Waals surface area (Å²) in [5.74, 6) is 0. The molecule has 120 valence electrons. The first-order valence-corrected chi connectivity index (χ1v) is 7.87. The summed E-state index contributed by atoms with van der Waals surface area (Å²) < 4.78 is 22.3. The Morgan fingerprint density at radius 3 is 2.05 bits per heavy atom. The number of hydrogen-bond acceptors (Lipinski definition) is 4. The van der Waals surface area contributed by atoms with Crippen molar-refractivity contribution < 1.29 is 18.9 Å². The highest BCUT2D eigenvalue weighted by atomic mass is 16.6. The van der Waals surface area contributed by atoms with Crippen LogP contribution < -0.4 is 0 Å². The van der Waals surface area contributed by atoms with E-state index in [0.717, 1.165) is 19.6 Å². The van der Waals surface area contributed by atoms with Gasteiger partial charge in [-0.25, -0.2) is 0 Å². The Kier molecular flexibility index (Phi) is 5.26. The van der Waals surface area contributed by atoms with Gasteiger partial charge in [-0.1, -0.05) is 36.4 Å². The monoisotopic (exact) mass is 304 g/mol. The third-order valence-corrected chi connectivity index (χ3v) is 4.09. The van der Waals surface area contributed by atoms with Gasteiger partial charge in [-0.2, -0.15) is 0 Å². The molecule has 2 heterocycles. The molecule has 1 aromatic carbocycles. The quantitative estimate of drug-likeness (QED) is 0.465. The van der Waals surface area contributed by atoms with Crippen LogP contribution in [0.3, 0.4) is 0 Å². The van der Waals surface area contributed by atoms with Crippen molar-refractivity contribution in [2.75, 3.05) is 39.6 Å². The maximum absolute atomic E-state index is 5.92. The van der Waals surface area contributed by atoms with Crippen LogP contribution in [-0.2, 0) is 24.4 Å². The van der Waals surface area contributed by atoms with Gasteiger partial charge < -0.3 is 18.9 Å². The molecule has 2 aliphatic heterocycles. The van der Waals surface area contributed by atoms with Crippen LogP contribution >= 0.6 is 0 Å². The minimum atomic E-state index is -0.202. The van der Waals surface area contributed by atoms with Crippen molar-refractivity contribution in [2.45, 2.75) is 24.0 Å². The molecule has 2 aliphatic rings. The molecule has 1 aromatic rings. The number of rotatable bonds is 11. The molecule has 2 atom stereocenters. The lowest BCUT2D eigenvalue weighted by molar-refractivity contribution is 0.0112. The van der Waals surface area contributed by atoms with Crippen molar-refractivity contribution in [1.82, 2.24) is 0 Å². The Bertz CT molecular complexity index is 447. The second kappa shape index (κ2) is 7.38. The highest BCUT2D eigenvalue weighted by Gasteiger charge is 2.34. The minimum Gasteiger partial charge on any atom is -0.378 e. The van der Waals surface area contributed by atoms with Crippen LogP contribution in [0.1, 0.15) is 12.0 Å². The van der Waals surface area contributed by atoms with Gasteiger partial charge in [0.15, 0.2) is 0 Å². The Hall–Kier alpha value is -1.20. The highest BCUT2D eigenvalue weighted by Crippen LogP contribution is 2.30. The average Bonchev–Trinajstić information content (AvgIpc) is 3.43. The molecule has 4 heteroatoms. The highest BCUT2D eigenvalue weighted by molar-refractivity contribution is 5.27. The molecule has 22 heavy (non-hydrogen) atoms. The number of benzene rings is 1. The maximum Gasteiger partial charge on any atom is 0.104 e. The zero-order chi connectivity index (χ0) is 15.3. The van der Waals surface area contributed by atoms with Gasteiger partial charge >= 0.3 is 0 Å². The summed E-state index contributed by atoms with van der Waals surface area (Å²) in [4.78, 5) is 0. The van der Waals surface area contributed by atoms with Gasteiger partial charge in [0.1, 0.15) is 12.2 Å². The van der Waals surface area contributed by atoms with E-state index in [1.54, 1.807) is 0 Å². The van der Waals surface area contributed by atoms with Crippen LogP contribution in [0, 0.1) is 0 Å². The van der Waals surface area contributed by atoms with Crippen molar-refractivity contribution in [3.05, 3.63) is 48.6 Å². The Morgan fingerprint density at radius 1 is 1.05 bits per heavy atom. The lowest BCUT2D eigenvalue weighted by Gasteiger charge is -2.33. The van der Waals surface area contributed by atoms with Crippen LogP contribution in [0.25, 0.3) is 0 Å². The summed E-state index contributed by atoms with van der Waals surface area (Å²) in [6.07, 6.45) is 3.31. The average molecular weight is 304 g/mol. The van der Waals surface area contributed by atoms with Crippen LogP contribution in [-0.4, -0.2) is 51.8 Å². The van der Waals surface area contributed by atoms with Crippen molar-refractivity contribution >= 4 is 0 Å². The van der Waals surface area contributed by atoms with E-state index in [0.29, 0.717) is 26.4 Å². The van der Waals surface area contributed by atoms with E-state index in [1.165, 1.54) is 5.56 Å². The first-order chi connectivity index (χ1) is 10.8. The van der Waals surface area contributed by atoms with Gasteiger partial charge in [-0.05, 0) is 12.0 Å². The molecule has 2 unspecified atom stereocenters. The molecule has 3 rings (SSSR count). The summed E-state index contributed by atoms with van der Waals surface area (Å²) in [7, 11) is 0. The summed E-state index contributed by atoms with van der Waals surface area (Å²) in [5, 5.41) is 0. The molecule has 0 amide bonds. The molecule has 2 saturated heterocycles. The van der Waals surface area contributed by atoms with E-state index < -0.39 is 0 Å². The number of epoxide rings is 2. The molecule has 2 fully saturated rings. The largest absolute Gasteiger partial charge is 0.378 e. The number of allylic oxidation sites excluding steroid dienone is 1. The molecule has 0 spiro atoms. The van der Waals surface area contributed by atoms with E-state index >= 15 is 0 Å². The summed E-state index contributed by atoms with van der Waals surface area (Å²) >= 11 is 0. The van der Waals surface area contributed by atoms with Crippen molar-refractivity contribution in [3.8, 4) is 0 Å². The molecule has 0 saturated carbocycles. The van der Waals surface area contributed by atoms with Gasteiger partial charge in [-0.15, -0.1) is 6.58 Å². The normalized spacial score (nSPS) is 25.5. The van der Waals surface area contributed by atoms with Gasteiger partial charge in [-0.3, -0.25) is 0 Å². The topological polar surface area (TPSA) is 43.5 Å². The predicted molar refractivity (Wildman–Crippen MR) is 84.1 cm³/mol. The second-order valence-corrected chi connectivity index (χ2v) is 6.08. The SMILES string of the molecule is C=CCC(COCC1CO1)(COCC1CO1)c1ccccc1. The zero-order valence-electron chi connectivity index (χ0n) is 12.9. The van der Waals surface area contributed by atoms with Gasteiger partial charge in [0.05, 0.1) is 39.6 Å². The van der Waals surface area contributed by atoms with E-state index in [1.807, 2.05) is 12.1 Å². The summed E-state index contributed by atoms with van der Waals surface area (Å²) in [6.45, 7) is 8.06. The number of ether oxygens (including phenoxy) is 4. The minimum absolute atomic E-state index is 0.202. The lowest BCUT2D eigenvalue weighted by atomic mass is 9.79. The molecule has 0 aromatic heterocycles. The van der Waals surface area contributed by atoms with Crippen molar-refractivity contribution in [3.63, 3.8) is 0 Å². The van der Waals surface area contributed by atoms with Gasteiger partial charge in [0, 0.05) is 5.41 Å². The van der Waals surface area contributed by atoms with Crippen molar-refractivity contribution in [2.24, 2.45) is 0 Å². The van der Waals surface area contributed by atoms with E-state index in [-0.39, 0.29) is 17.6 Å². The molecule has 0 N–H and O–H groups in total. The van der Waals surface area contributed by atoms with Crippen LogP contribution in [0.2, 0.25) is 0 Å². The van der Waals surface area contributed by atoms with Gasteiger partial charge in [0.25, 0.3) is 0 Å². The smallest absolute Gasteiger partial charge is 0.104 e. The standard InChI is InChI=1S/C18H24O4/c1-2-8-18(13-19-9-16-11-21-16,14-20-10-17-12-22-17)15-6-4-3-5-7-15/h2-7,16-17H,1,8-14H2. The third kappa shape index (κ3) is 4.40. The summed E-state index contributed by atoms with van der Waals surface area (Å²) in [6, 6.07) is 10.4.